The maximum Gasteiger partial charge on any atom is 0.259 e. The molecule has 1 N–H and O–H groups in total. The molecule has 2 aromatic rings. The van der Waals surface area contributed by atoms with E-state index in [9.17, 15) is 14.7 Å². The quantitative estimate of drug-likeness (QED) is 0.634. The number of rotatable bonds is 7. The van der Waals surface area contributed by atoms with Gasteiger partial charge in [-0.2, -0.15) is 0 Å². The van der Waals surface area contributed by atoms with Gasteiger partial charge in [0.1, 0.15) is 11.7 Å². The summed E-state index contributed by atoms with van der Waals surface area (Å²) < 4.78 is 6.36. The van der Waals surface area contributed by atoms with Crippen LogP contribution in [0.3, 0.4) is 0 Å². The zero-order chi connectivity index (χ0) is 25.7. The van der Waals surface area contributed by atoms with Crippen LogP contribution in [0.4, 0.5) is 0 Å². The highest BCUT2D eigenvalue weighted by molar-refractivity contribution is 5.97. The second kappa shape index (κ2) is 11.7. The third-order valence-electron chi connectivity index (χ3n) is 7.26. The Labute approximate surface area is 213 Å². The molecule has 0 fully saturated rings. The van der Waals surface area contributed by atoms with Gasteiger partial charge in [-0.1, -0.05) is 43.3 Å². The Balaban J connectivity index is 1.61. The van der Waals surface area contributed by atoms with Crippen molar-refractivity contribution in [1.82, 2.24) is 14.8 Å². The van der Waals surface area contributed by atoms with Crippen LogP contribution in [0.2, 0.25) is 0 Å². The van der Waals surface area contributed by atoms with E-state index < -0.39 is 0 Å². The van der Waals surface area contributed by atoms with E-state index in [1.807, 2.05) is 50.2 Å². The SMILES string of the molecule is C[C@H](CO)N1C[C@H](C)[C@H](CN(C)C(=O)Cc2ccccc2)Oc2ncc(C3=CCCCC3)cc2C1=O. The second-order valence-corrected chi connectivity index (χ2v) is 10.1. The minimum absolute atomic E-state index is 0.00323. The number of fused-ring (bicyclic) bond motifs is 1. The van der Waals surface area contributed by atoms with Gasteiger partial charge in [0.15, 0.2) is 0 Å². The zero-order valence-corrected chi connectivity index (χ0v) is 21.5. The molecule has 36 heavy (non-hydrogen) atoms. The van der Waals surface area contributed by atoms with Gasteiger partial charge in [-0.3, -0.25) is 9.59 Å². The lowest BCUT2D eigenvalue weighted by Crippen LogP contribution is -2.50. The molecular weight excluding hydrogens is 454 g/mol. The fourth-order valence-electron chi connectivity index (χ4n) is 4.87. The molecule has 3 atom stereocenters. The lowest BCUT2D eigenvalue weighted by atomic mass is 9.93. The van der Waals surface area contributed by atoms with Crippen LogP contribution in [0.15, 0.2) is 48.7 Å². The van der Waals surface area contributed by atoms with Crippen LogP contribution in [0.1, 0.15) is 61.0 Å². The van der Waals surface area contributed by atoms with Crippen molar-refractivity contribution in [2.24, 2.45) is 5.92 Å². The van der Waals surface area contributed by atoms with E-state index in [-0.39, 0.29) is 42.4 Å². The molecule has 2 amide bonds. The van der Waals surface area contributed by atoms with Crippen molar-refractivity contribution >= 4 is 17.4 Å². The number of carbonyl (C=O) groups excluding carboxylic acids is 2. The van der Waals surface area contributed by atoms with E-state index in [4.69, 9.17) is 4.74 Å². The first-order chi connectivity index (χ1) is 17.4. The number of benzene rings is 1. The fraction of sp³-hybridized carbons (Fsp3) is 0.483. The number of aliphatic hydroxyl groups excluding tert-OH is 1. The van der Waals surface area contributed by atoms with Crippen LogP contribution in [0, 0.1) is 5.92 Å². The molecule has 1 aliphatic carbocycles. The molecule has 4 rings (SSSR count). The van der Waals surface area contributed by atoms with E-state index in [2.05, 4.69) is 11.1 Å². The molecule has 2 aliphatic rings. The Hall–Kier alpha value is -3.19. The highest BCUT2D eigenvalue weighted by Gasteiger charge is 2.35. The number of pyridine rings is 1. The molecule has 1 aromatic carbocycles. The van der Waals surface area contributed by atoms with Crippen molar-refractivity contribution in [3.63, 3.8) is 0 Å². The molecule has 0 spiro atoms. The minimum Gasteiger partial charge on any atom is -0.472 e. The monoisotopic (exact) mass is 491 g/mol. The van der Waals surface area contributed by atoms with E-state index in [1.165, 1.54) is 12.0 Å². The first kappa shape index (κ1) is 25.9. The van der Waals surface area contributed by atoms with Gasteiger partial charge in [0.25, 0.3) is 5.91 Å². The van der Waals surface area contributed by atoms with Crippen LogP contribution in [-0.4, -0.2) is 70.6 Å². The van der Waals surface area contributed by atoms with Gasteiger partial charge in [-0.25, -0.2) is 4.98 Å². The Morgan fingerprint density at radius 1 is 1.28 bits per heavy atom. The molecule has 0 saturated carbocycles. The van der Waals surface area contributed by atoms with Gasteiger partial charge in [0.2, 0.25) is 11.8 Å². The molecule has 192 valence electrons. The highest BCUT2D eigenvalue weighted by Crippen LogP contribution is 2.32. The Kier molecular flexibility index (Phi) is 8.41. The number of nitrogens with zero attached hydrogens (tertiary/aromatic N) is 3. The fourth-order valence-corrected chi connectivity index (χ4v) is 4.87. The molecule has 0 saturated heterocycles. The number of aromatic nitrogens is 1. The maximum absolute atomic E-state index is 13.6. The van der Waals surface area contributed by atoms with Crippen molar-refractivity contribution in [3.8, 4) is 5.88 Å². The van der Waals surface area contributed by atoms with Crippen LogP contribution in [-0.2, 0) is 11.2 Å². The molecular formula is C29H37N3O4. The number of carbonyl (C=O) groups is 2. The van der Waals surface area contributed by atoms with Crippen molar-refractivity contribution < 1.29 is 19.4 Å². The Morgan fingerprint density at radius 3 is 2.75 bits per heavy atom. The third-order valence-corrected chi connectivity index (χ3v) is 7.26. The average Bonchev–Trinajstić information content (AvgIpc) is 2.91. The molecule has 1 aliphatic heterocycles. The standard InChI is InChI=1S/C29H37N3O4/c1-20-17-32(21(2)19-33)29(35)25-15-24(23-12-8-5-9-13-23)16-30-28(25)36-26(20)18-31(3)27(34)14-22-10-6-4-7-11-22/h4,6-7,10-12,15-16,20-21,26,33H,5,8-9,13-14,17-19H2,1-3H3/t20-,21+,26-/m0/s1. The van der Waals surface area contributed by atoms with Crippen LogP contribution < -0.4 is 4.74 Å². The van der Waals surface area contributed by atoms with Crippen LogP contribution >= 0.6 is 0 Å². The van der Waals surface area contributed by atoms with E-state index >= 15 is 0 Å². The first-order valence-corrected chi connectivity index (χ1v) is 12.9. The molecule has 7 heteroatoms. The van der Waals surface area contributed by atoms with Gasteiger partial charge >= 0.3 is 0 Å². The number of allylic oxidation sites excluding steroid dienone is 2. The predicted octanol–water partition coefficient (Wildman–Crippen LogP) is 3.96. The van der Waals surface area contributed by atoms with Gasteiger partial charge in [-0.05, 0) is 55.4 Å². The van der Waals surface area contributed by atoms with Gasteiger partial charge < -0.3 is 19.6 Å². The summed E-state index contributed by atoms with van der Waals surface area (Å²) in [6, 6.07) is 11.2. The Morgan fingerprint density at radius 2 is 2.06 bits per heavy atom. The summed E-state index contributed by atoms with van der Waals surface area (Å²) in [7, 11) is 1.78. The molecule has 0 radical (unpaired) electrons. The van der Waals surface area contributed by atoms with Crippen LogP contribution in [0.25, 0.3) is 5.57 Å². The third kappa shape index (κ3) is 5.95. The van der Waals surface area contributed by atoms with Crippen molar-refractivity contribution in [2.75, 3.05) is 26.7 Å². The van der Waals surface area contributed by atoms with E-state index in [0.29, 0.717) is 25.1 Å². The number of hydrogen-bond acceptors (Lipinski definition) is 5. The van der Waals surface area contributed by atoms with E-state index in [1.54, 1.807) is 23.0 Å². The summed E-state index contributed by atoms with van der Waals surface area (Å²) in [6.45, 7) is 4.51. The largest absolute Gasteiger partial charge is 0.472 e. The smallest absolute Gasteiger partial charge is 0.259 e. The molecule has 2 heterocycles. The second-order valence-electron chi connectivity index (χ2n) is 10.1. The number of ether oxygens (including phenoxy) is 1. The summed E-state index contributed by atoms with van der Waals surface area (Å²) in [5.41, 5.74) is 3.53. The minimum atomic E-state index is -0.359. The molecule has 7 nitrogen and oxygen atoms in total. The zero-order valence-electron chi connectivity index (χ0n) is 21.5. The summed E-state index contributed by atoms with van der Waals surface area (Å²) in [6.07, 6.45) is 8.30. The topological polar surface area (TPSA) is 83.0 Å². The summed E-state index contributed by atoms with van der Waals surface area (Å²) in [5, 5.41) is 9.88. The molecule has 0 bridgehead atoms. The van der Waals surface area contributed by atoms with Crippen LogP contribution in [0.5, 0.6) is 5.88 Å². The van der Waals surface area contributed by atoms with Crippen molar-refractivity contribution in [2.45, 2.75) is 58.1 Å². The van der Waals surface area contributed by atoms with Crippen molar-refractivity contribution in [1.29, 1.82) is 0 Å². The van der Waals surface area contributed by atoms with Gasteiger partial charge in [0, 0.05) is 25.7 Å². The molecule has 1 aromatic heterocycles. The summed E-state index contributed by atoms with van der Waals surface area (Å²) >= 11 is 0. The number of aliphatic hydroxyl groups is 1. The lowest BCUT2D eigenvalue weighted by Gasteiger charge is -2.37. The number of amides is 2. The molecule has 0 unspecified atom stereocenters. The highest BCUT2D eigenvalue weighted by atomic mass is 16.5. The number of likely N-dealkylation sites (N-methyl/N-ethyl adjacent to an activating group) is 1. The van der Waals surface area contributed by atoms with Gasteiger partial charge in [0.05, 0.1) is 25.6 Å². The predicted molar refractivity (Wildman–Crippen MR) is 140 cm³/mol. The summed E-state index contributed by atoms with van der Waals surface area (Å²) in [4.78, 5) is 34.6. The van der Waals surface area contributed by atoms with Crippen molar-refractivity contribution in [3.05, 3.63) is 65.4 Å². The normalized spacial score (nSPS) is 20.9. The van der Waals surface area contributed by atoms with Gasteiger partial charge in [-0.15, -0.1) is 0 Å². The Bertz CT molecular complexity index is 1100. The summed E-state index contributed by atoms with van der Waals surface area (Å²) in [5.74, 6) is 0.0287. The lowest BCUT2D eigenvalue weighted by molar-refractivity contribution is -0.130. The number of hydrogen-bond donors (Lipinski definition) is 1. The average molecular weight is 492 g/mol. The first-order valence-electron chi connectivity index (χ1n) is 12.9. The van der Waals surface area contributed by atoms with E-state index in [0.717, 1.165) is 30.4 Å². The maximum atomic E-state index is 13.6.